The molecule has 1 aromatic heterocycles. The maximum atomic E-state index is 13.9. The van der Waals surface area contributed by atoms with Crippen molar-refractivity contribution < 1.29 is 24.3 Å². The molecule has 3 unspecified atom stereocenters. The molecule has 0 saturated carbocycles. The highest BCUT2D eigenvalue weighted by molar-refractivity contribution is 7.09. The summed E-state index contributed by atoms with van der Waals surface area (Å²) in [6.45, 7) is -0.721. The van der Waals surface area contributed by atoms with E-state index in [2.05, 4.69) is 0 Å². The topological polar surface area (TPSA) is 98.2 Å². The van der Waals surface area contributed by atoms with Gasteiger partial charge in [0.25, 0.3) is 0 Å². The first kappa shape index (κ1) is 33.1. The minimum atomic E-state index is -1.26. The standard InChI is InChI=1S/C30H29Cl4N3O5S/c31-21-7-3-19(4-8-21)14-25(33)36(18-29(40)41)27(38)16-24-30(42)37(26(34)15-20-5-9-22(32)10-6-20)17-28(39)35(24)12-11-23-2-1-13-43-23/h1-10,13,24-26H,11-12,14-18H2,(H,40,41). The van der Waals surface area contributed by atoms with E-state index in [9.17, 15) is 24.3 Å². The minimum Gasteiger partial charge on any atom is -0.480 e. The maximum Gasteiger partial charge on any atom is 0.323 e. The van der Waals surface area contributed by atoms with Crippen LogP contribution in [-0.4, -0.2) is 80.2 Å². The number of alkyl halides is 2. The number of piperazine rings is 1. The van der Waals surface area contributed by atoms with Crippen LogP contribution in [0.25, 0.3) is 0 Å². The van der Waals surface area contributed by atoms with Crippen LogP contribution in [0, 0.1) is 0 Å². The van der Waals surface area contributed by atoms with Gasteiger partial charge in [0, 0.05) is 34.3 Å². The minimum absolute atomic E-state index is 0.147. The molecule has 4 rings (SSSR count). The molecule has 0 radical (unpaired) electrons. The van der Waals surface area contributed by atoms with E-state index in [0.717, 1.165) is 20.9 Å². The second kappa shape index (κ2) is 15.3. The highest BCUT2D eigenvalue weighted by Gasteiger charge is 2.43. The lowest BCUT2D eigenvalue weighted by atomic mass is 10.0. The van der Waals surface area contributed by atoms with Crippen molar-refractivity contribution in [2.75, 3.05) is 19.6 Å². The summed E-state index contributed by atoms with van der Waals surface area (Å²) in [7, 11) is 0. The average Bonchev–Trinajstić information content (AvgIpc) is 3.49. The first-order valence-electron chi connectivity index (χ1n) is 13.4. The van der Waals surface area contributed by atoms with Crippen molar-refractivity contribution in [3.05, 3.63) is 92.1 Å². The Morgan fingerprint density at radius 3 is 2.12 bits per heavy atom. The van der Waals surface area contributed by atoms with Crippen molar-refractivity contribution in [3.8, 4) is 0 Å². The largest absolute Gasteiger partial charge is 0.480 e. The number of hydrogen-bond donors (Lipinski definition) is 1. The molecular formula is C30H29Cl4N3O5S. The van der Waals surface area contributed by atoms with Gasteiger partial charge in [-0.3, -0.25) is 19.2 Å². The lowest BCUT2D eigenvalue weighted by Gasteiger charge is -2.42. The van der Waals surface area contributed by atoms with Crippen molar-refractivity contribution in [2.45, 2.75) is 42.7 Å². The summed E-state index contributed by atoms with van der Waals surface area (Å²) < 4.78 is 0. The lowest BCUT2D eigenvalue weighted by molar-refractivity contribution is -0.159. The fourth-order valence-corrected chi connectivity index (χ4v) is 6.49. The Balaban J connectivity index is 1.56. The molecule has 2 heterocycles. The van der Waals surface area contributed by atoms with Gasteiger partial charge in [0.05, 0.1) is 6.42 Å². The van der Waals surface area contributed by atoms with E-state index in [1.165, 1.54) is 21.1 Å². The zero-order valence-electron chi connectivity index (χ0n) is 22.9. The van der Waals surface area contributed by atoms with Gasteiger partial charge in [-0.15, -0.1) is 11.3 Å². The molecule has 43 heavy (non-hydrogen) atoms. The van der Waals surface area contributed by atoms with Crippen LogP contribution in [-0.2, 0) is 38.4 Å². The molecule has 228 valence electrons. The number of rotatable bonds is 13. The molecule has 0 bridgehead atoms. The van der Waals surface area contributed by atoms with Crippen molar-refractivity contribution in [1.82, 2.24) is 14.7 Å². The number of halogens is 4. The Morgan fingerprint density at radius 2 is 1.56 bits per heavy atom. The molecule has 8 nitrogen and oxygen atoms in total. The van der Waals surface area contributed by atoms with Gasteiger partial charge in [-0.05, 0) is 53.3 Å². The Bertz CT molecular complexity index is 1420. The van der Waals surface area contributed by atoms with E-state index >= 15 is 0 Å². The third-order valence-electron chi connectivity index (χ3n) is 7.05. The Morgan fingerprint density at radius 1 is 0.953 bits per heavy atom. The van der Waals surface area contributed by atoms with Gasteiger partial charge >= 0.3 is 5.97 Å². The van der Waals surface area contributed by atoms with Crippen LogP contribution >= 0.6 is 57.7 Å². The number of aliphatic carboxylic acids is 1. The van der Waals surface area contributed by atoms with Crippen LogP contribution < -0.4 is 0 Å². The van der Waals surface area contributed by atoms with Gasteiger partial charge < -0.3 is 19.8 Å². The number of nitrogens with zero attached hydrogens (tertiary/aromatic N) is 3. The predicted octanol–water partition coefficient (Wildman–Crippen LogP) is 5.56. The van der Waals surface area contributed by atoms with Gasteiger partial charge in [-0.25, -0.2) is 0 Å². The zero-order chi connectivity index (χ0) is 31.1. The normalized spacial score (nSPS) is 16.7. The third kappa shape index (κ3) is 9.09. The number of hydrogen-bond acceptors (Lipinski definition) is 5. The SMILES string of the molecule is O=C(O)CN(C(=O)CC1C(=O)N(C(Cl)Cc2ccc(Cl)cc2)CC(=O)N1CCc1cccs1)C(Cl)Cc1ccc(Cl)cc1. The van der Waals surface area contributed by atoms with E-state index < -0.39 is 47.8 Å². The molecule has 1 N–H and O–H groups in total. The van der Waals surface area contributed by atoms with Gasteiger partial charge in [0.1, 0.15) is 30.1 Å². The summed E-state index contributed by atoms with van der Waals surface area (Å²) in [6.07, 6.45) is 0.440. The highest BCUT2D eigenvalue weighted by atomic mass is 35.5. The molecule has 1 saturated heterocycles. The van der Waals surface area contributed by atoms with E-state index in [1.807, 2.05) is 17.5 Å². The number of carboxylic acids is 1. The Kier molecular flexibility index (Phi) is 11.7. The molecule has 2 aromatic carbocycles. The number of carbonyl (C=O) groups excluding carboxylic acids is 3. The molecule has 3 atom stereocenters. The molecule has 0 spiro atoms. The Hall–Kier alpha value is -2.82. The van der Waals surface area contributed by atoms with E-state index in [4.69, 9.17) is 46.4 Å². The number of carbonyl (C=O) groups is 4. The van der Waals surface area contributed by atoms with Crippen LogP contribution in [0.5, 0.6) is 0 Å². The summed E-state index contributed by atoms with van der Waals surface area (Å²) in [5.41, 5.74) is -0.333. The molecular weight excluding hydrogens is 656 g/mol. The van der Waals surface area contributed by atoms with Gasteiger partial charge in [0.15, 0.2) is 0 Å². The van der Waals surface area contributed by atoms with Crippen LogP contribution in [0.1, 0.15) is 22.4 Å². The summed E-state index contributed by atoms with van der Waals surface area (Å²) in [4.78, 5) is 57.4. The van der Waals surface area contributed by atoms with Crippen molar-refractivity contribution in [1.29, 1.82) is 0 Å². The van der Waals surface area contributed by atoms with Crippen molar-refractivity contribution >= 4 is 81.4 Å². The second-order valence-electron chi connectivity index (χ2n) is 10.0. The Labute approximate surface area is 273 Å². The molecule has 1 aliphatic rings. The summed E-state index contributed by atoms with van der Waals surface area (Å²) >= 11 is 26.8. The van der Waals surface area contributed by atoms with Crippen molar-refractivity contribution in [3.63, 3.8) is 0 Å². The summed E-state index contributed by atoms with van der Waals surface area (Å²) in [5.74, 6) is -2.79. The van der Waals surface area contributed by atoms with Crippen LogP contribution in [0.2, 0.25) is 10.0 Å². The zero-order valence-corrected chi connectivity index (χ0v) is 26.7. The second-order valence-corrected chi connectivity index (χ2v) is 13.0. The summed E-state index contributed by atoms with van der Waals surface area (Å²) in [5, 5.41) is 12.6. The fourth-order valence-electron chi connectivity index (χ4n) is 4.84. The number of amides is 3. The molecule has 0 aliphatic carbocycles. The highest BCUT2D eigenvalue weighted by Crippen LogP contribution is 2.25. The average molecular weight is 685 g/mol. The molecule has 1 fully saturated rings. The monoisotopic (exact) mass is 683 g/mol. The first-order valence-corrected chi connectivity index (χ1v) is 15.9. The predicted molar refractivity (Wildman–Crippen MR) is 169 cm³/mol. The number of carboxylic acid groups (broad SMARTS) is 1. The molecule has 1 aliphatic heterocycles. The van der Waals surface area contributed by atoms with E-state index in [1.54, 1.807) is 48.5 Å². The van der Waals surface area contributed by atoms with Crippen LogP contribution in [0.3, 0.4) is 0 Å². The smallest absolute Gasteiger partial charge is 0.323 e. The lowest BCUT2D eigenvalue weighted by Crippen LogP contribution is -2.63. The van der Waals surface area contributed by atoms with Crippen molar-refractivity contribution in [2.24, 2.45) is 0 Å². The molecule has 13 heteroatoms. The van der Waals surface area contributed by atoms with Gasteiger partial charge in [-0.2, -0.15) is 0 Å². The maximum absolute atomic E-state index is 13.9. The number of thiophene rings is 1. The number of benzene rings is 2. The van der Waals surface area contributed by atoms with E-state index in [-0.39, 0.29) is 31.8 Å². The molecule has 3 aromatic rings. The fraction of sp³-hybridized carbons (Fsp3) is 0.333. The van der Waals surface area contributed by atoms with Gasteiger partial charge in [-0.1, -0.05) is 76.7 Å². The van der Waals surface area contributed by atoms with E-state index in [0.29, 0.717) is 16.5 Å². The third-order valence-corrected chi connectivity index (χ3v) is 9.27. The van der Waals surface area contributed by atoms with Gasteiger partial charge in [0.2, 0.25) is 17.7 Å². The first-order chi connectivity index (χ1) is 20.5. The summed E-state index contributed by atoms with van der Waals surface area (Å²) in [6, 6.07) is 16.4. The van der Waals surface area contributed by atoms with Crippen LogP contribution in [0.15, 0.2) is 66.0 Å². The molecule has 3 amide bonds. The quantitative estimate of drug-likeness (QED) is 0.188. The van der Waals surface area contributed by atoms with Crippen LogP contribution in [0.4, 0.5) is 0 Å².